The molecule has 26 heavy (non-hydrogen) atoms. The van der Waals surface area contributed by atoms with E-state index in [-0.39, 0.29) is 30.7 Å². The first-order valence-corrected chi connectivity index (χ1v) is 8.28. The summed E-state index contributed by atoms with van der Waals surface area (Å²) in [4.78, 5) is 31.3. The average molecular weight is 358 g/mol. The number of fused-ring (bicyclic) bond motifs is 1. The van der Waals surface area contributed by atoms with Gasteiger partial charge in [-0.15, -0.1) is 0 Å². The molecule has 1 aliphatic carbocycles. The van der Waals surface area contributed by atoms with Gasteiger partial charge in [-0.2, -0.15) is 19.6 Å². The predicted octanol–water partition coefficient (Wildman–Crippen LogP) is -1.38. The van der Waals surface area contributed by atoms with E-state index in [1.165, 1.54) is 4.52 Å². The van der Waals surface area contributed by atoms with Crippen molar-refractivity contribution in [3.8, 4) is 5.88 Å². The van der Waals surface area contributed by atoms with Crippen molar-refractivity contribution >= 4 is 17.7 Å². The molecule has 3 aromatic heterocycles. The Labute approximate surface area is 144 Å². The SMILES string of the molecule is O=c1[nH]c(O)c(C=c2cnn3c(=NC4CC4)nc(N4CC(F)C4)nc23)[nH]1. The number of anilines is 1. The zero-order valence-electron chi connectivity index (χ0n) is 13.6. The molecule has 11 heteroatoms. The van der Waals surface area contributed by atoms with Gasteiger partial charge in [-0.25, -0.2) is 14.2 Å². The summed E-state index contributed by atoms with van der Waals surface area (Å²) in [5.41, 5.74) is 0.595. The third-order valence-electron chi connectivity index (χ3n) is 4.37. The van der Waals surface area contributed by atoms with E-state index in [1.807, 2.05) is 0 Å². The van der Waals surface area contributed by atoms with E-state index >= 15 is 0 Å². The third-order valence-corrected chi connectivity index (χ3v) is 4.37. The lowest BCUT2D eigenvalue weighted by Crippen LogP contribution is -2.50. The molecule has 0 unspecified atom stereocenters. The quantitative estimate of drug-likeness (QED) is 0.529. The molecule has 0 atom stereocenters. The highest BCUT2D eigenvalue weighted by molar-refractivity contribution is 5.57. The molecule has 3 aromatic rings. The summed E-state index contributed by atoms with van der Waals surface area (Å²) < 4.78 is 14.7. The van der Waals surface area contributed by atoms with Gasteiger partial charge in [0.15, 0.2) is 5.65 Å². The van der Waals surface area contributed by atoms with E-state index in [0.29, 0.717) is 22.4 Å². The number of alkyl halides is 1. The lowest BCUT2D eigenvalue weighted by Gasteiger charge is -2.34. The van der Waals surface area contributed by atoms with Crippen molar-refractivity contribution in [2.24, 2.45) is 4.99 Å². The molecule has 4 heterocycles. The van der Waals surface area contributed by atoms with Crippen molar-refractivity contribution in [3.63, 3.8) is 0 Å². The lowest BCUT2D eigenvalue weighted by atomic mass is 10.2. The Kier molecular flexibility index (Phi) is 3.11. The molecule has 1 saturated carbocycles. The number of nitrogens with one attached hydrogen (secondary N) is 2. The maximum Gasteiger partial charge on any atom is 0.326 e. The number of halogens is 1. The highest BCUT2D eigenvalue weighted by atomic mass is 19.1. The van der Waals surface area contributed by atoms with Crippen LogP contribution in [0, 0.1) is 0 Å². The van der Waals surface area contributed by atoms with Crippen LogP contribution < -0.4 is 21.4 Å². The second-order valence-corrected chi connectivity index (χ2v) is 6.51. The Balaban J connectivity index is 1.72. The maximum atomic E-state index is 13.2. The average Bonchev–Trinajstić information content (AvgIpc) is 3.21. The van der Waals surface area contributed by atoms with Crippen LogP contribution in [0.25, 0.3) is 11.7 Å². The molecule has 0 amide bonds. The monoisotopic (exact) mass is 358 g/mol. The molecule has 0 bridgehead atoms. The van der Waals surface area contributed by atoms with Gasteiger partial charge in [0.2, 0.25) is 11.8 Å². The van der Waals surface area contributed by atoms with Crippen molar-refractivity contribution in [2.75, 3.05) is 18.0 Å². The third kappa shape index (κ3) is 2.52. The van der Waals surface area contributed by atoms with Gasteiger partial charge >= 0.3 is 5.69 Å². The van der Waals surface area contributed by atoms with Gasteiger partial charge in [-0.1, -0.05) is 0 Å². The molecule has 0 spiro atoms. The van der Waals surface area contributed by atoms with Crippen LogP contribution >= 0.6 is 0 Å². The summed E-state index contributed by atoms with van der Waals surface area (Å²) in [5, 5.41) is 14.6. The summed E-state index contributed by atoms with van der Waals surface area (Å²) >= 11 is 0. The molecule has 1 aliphatic heterocycles. The van der Waals surface area contributed by atoms with E-state index < -0.39 is 11.9 Å². The van der Waals surface area contributed by atoms with E-state index in [0.717, 1.165) is 12.8 Å². The second kappa shape index (κ2) is 5.38. The van der Waals surface area contributed by atoms with Crippen LogP contribution in [0.3, 0.4) is 0 Å². The summed E-state index contributed by atoms with van der Waals surface area (Å²) in [6.07, 6.45) is 4.25. The Hall–Kier alpha value is -3.24. The number of aromatic nitrogens is 6. The lowest BCUT2D eigenvalue weighted by molar-refractivity contribution is 0.271. The second-order valence-electron chi connectivity index (χ2n) is 6.51. The van der Waals surface area contributed by atoms with Crippen LogP contribution in [0.15, 0.2) is 16.0 Å². The van der Waals surface area contributed by atoms with Crippen LogP contribution in [0.1, 0.15) is 18.5 Å². The van der Waals surface area contributed by atoms with Gasteiger partial charge in [0.1, 0.15) is 11.9 Å². The fraction of sp³-hybridized carbons (Fsp3) is 0.400. The summed E-state index contributed by atoms with van der Waals surface area (Å²) in [6.45, 7) is 0.496. The van der Waals surface area contributed by atoms with Gasteiger partial charge in [-0.05, 0) is 18.9 Å². The number of nitrogens with zero attached hydrogens (tertiary/aromatic N) is 6. The van der Waals surface area contributed by atoms with Crippen LogP contribution in [-0.2, 0) is 0 Å². The highest BCUT2D eigenvalue weighted by Crippen LogP contribution is 2.22. The summed E-state index contributed by atoms with van der Waals surface area (Å²) in [6, 6.07) is 0.230. The minimum atomic E-state index is -0.878. The van der Waals surface area contributed by atoms with Crippen LogP contribution in [0.5, 0.6) is 5.88 Å². The zero-order valence-corrected chi connectivity index (χ0v) is 13.6. The largest absolute Gasteiger partial charge is 0.493 e. The number of H-pyrrole nitrogens is 2. The van der Waals surface area contributed by atoms with E-state index in [1.54, 1.807) is 17.2 Å². The van der Waals surface area contributed by atoms with Crippen molar-refractivity contribution in [2.45, 2.75) is 25.1 Å². The van der Waals surface area contributed by atoms with E-state index in [4.69, 9.17) is 0 Å². The van der Waals surface area contributed by atoms with Crippen LogP contribution in [-0.4, -0.2) is 60.0 Å². The summed E-state index contributed by atoms with van der Waals surface area (Å²) in [5.74, 6) is 0.127. The fourth-order valence-corrected chi connectivity index (χ4v) is 2.80. The molecule has 3 N–H and O–H groups in total. The number of imidazole rings is 1. The molecule has 5 rings (SSSR count). The van der Waals surface area contributed by atoms with Crippen molar-refractivity contribution in [1.82, 2.24) is 29.5 Å². The Morgan fingerprint density at radius 1 is 1.31 bits per heavy atom. The Bertz CT molecular complexity index is 1170. The zero-order chi connectivity index (χ0) is 17.8. The van der Waals surface area contributed by atoms with Crippen molar-refractivity contribution < 1.29 is 9.50 Å². The Morgan fingerprint density at radius 2 is 2.12 bits per heavy atom. The van der Waals surface area contributed by atoms with Crippen LogP contribution in [0.4, 0.5) is 10.3 Å². The molecular weight excluding hydrogens is 343 g/mol. The summed E-state index contributed by atoms with van der Waals surface area (Å²) in [7, 11) is 0. The van der Waals surface area contributed by atoms with Crippen molar-refractivity contribution in [1.29, 1.82) is 0 Å². The highest BCUT2D eigenvalue weighted by Gasteiger charge is 2.29. The van der Waals surface area contributed by atoms with Crippen LogP contribution in [0.2, 0.25) is 0 Å². The standard InChI is InChI=1S/C15H15FN8O2/c16-8-5-23(6-8)13-20-11-7(3-10-12(25)21-15(26)19-10)4-17-24(11)14(22-13)18-9-1-2-9/h3-4,8-9,25H,1-2,5-6H2,(H2,19,21,26). The first kappa shape index (κ1) is 15.0. The first-order valence-electron chi connectivity index (χ1n) is 8.28. The number of aromatic amines is 2. The maximum absolute atomic E-state index is 13.2. The smallest absolute Gasteiger partial charge is 0.326 e. The van der Waals surface area contributed by atoms with Gasteiger partial charge in [0.05, 0.1) is 25.3 Å². The van der Waals surface area contributed by atoms with Gasteiger partial charge in [0, 0.05) is 5.22 Å². The van der Waals surface area contributed by atoms with E-state index in [2.05, 4.69) is 30.0 Å². The Morgan fingerprint density at radius 3 is 2.77 bits per heavy atom. The molecular formula is C15H15FN8O2. The minimum absolute atomic E-state index is 0.221. The molecule has 10 nitrogen and oxygen atoms in total. The molecule has 2 fully saturated rings. The molecule has 2 aliphatic rings. The number of aromatic hydroxyl groups is 1. The number of rotatable bonds is 3. The topological polar surface area (TPSA) is 128 Å². The molecule has 1 saturated heterocycles. The molecule has 0 radical (unpaired) electrons. The van der Waals surface area contributed by atoms with Gasteiger partial charge in [-0.3, -0.25) is 4.98 Å². The minimum Gasteiger partial charge on any atom is -0.493 e. The van der Waals surface area contributed by atoms with Gasteiger partial charge in [0.25, 0.3) is 5.62 Å². The van der Waals surface area contributed by atoms with E-state index in [9.17, 15) is 14.3 Å². The predicted molar refractivity (Wildman–Crippen MR) is 88.3 cm³/mol. The molecule has 134 valence electrons. The van der Waals surface area contributed by atoms with Crippen molar-refractivity contribution in [3.05, 3.63) is 33.2 Å². The molecule has 0 aromatic carbocycles. The number of hydrogen-bond acceptors (Lipinski definition) is 7. The normalized spacial score (nSPS) is 19.5. The number of hydrogen-bond donors (Lipinski definition) is 3. The first-order chi connectivity index (χ1) is 12.6. The van der Waals surface area contributed by atoms with Gasteiger partial charge < -0.3 is 15.0 Å². The fourth-order valence-electron chi connectivity index (χ4n) is 2.80.